The van der Waals surface area contributed by atoms with Gasteiger partial charge in [-0.2, -0.15) is 0 Å². The normalized spacial score (nSPS) is 26.2. The number of nitrogens with two attached hydrogens (primary N) is 1. The Labute approximate surface area is 177 Å². The highest BCUT2D eigenvalue weighted by Crippen LogP contribution is 2.46. The maximum atomic E-state index is 12.9. The van der Waals surface area contributed by atoms with E-state index >= 15 is 0 Å². The molecule has 158 valence electrons. The molecule has 1 aromatic heterocycles. The highest BCUT2D eigenvalue weighted by Gasteiger charge is 2.50. The first kappa shape index (κ1) is 20.3. The van der Waals surface area contributed by atoms with Gasteiger partial charge in [0.15, 0.2) is 0 Å². The summed E-state index contributed by atoms with van der Waals surface area (Å²) in [5, 5.41) is 3.25. The van der Waals surface area contributed by atoms with E-state index in [4.69, 9.17) is 5.73 Å². The molecule has 2 aromatic rings. The molecule has 2 heterocycles. The van der Waals surface area contributed by atoms with Crippen LogP contribution in [-0.4, -0.2) is 48.0 Å². The van der Waals surface area contributed by atoms with Crippen LogP contribution in [0.1, 0.15) is 36.8 Å². The Morgan fingerprint density at radius 2 is 1.87 bits per heavy atom. The van der Waals surface area contributed by atoms with Crippen LogP contribution in [0, 0.1) is 0 Å². The number of pyridine rings is 1. The third-order valence-electron chi connectivity index (χ3n) is 6.82. The van der Waals surface area contributed by atoms with E-state index in [-0.39, 0.29) is 23.5 Å². The van der Waals surface area contributed by atoms with Crippen molar-refractivity contribution in [1.29, 1.82) is 0 Å². The molecule has 3 amide bonds. The van der Waals surface area contributed by atoms with Gasteiger partial charge in [-0.05, 0) is 57.0 Å². The first-order valence-corrected chi connectivity index (χ1v) is 10.4. The molecular formula is C23H29N5O2. The molecule has 7 heteroatoms. The van der Waals surface area contributed by atoms with E-state index in [0.29, 0.717) is 12.2 Å². The van der Waals surface area contributed by atoms with Crippen molar-refractivity contribution in [2.24, 2.45) is 5.73 Å². The maximum Gasteiger partial charge on any atom is 0.322 e. The number of hydrogen-bond donors (Lipinski definition) is 2. The highest BCUT2D eigenvalue weighted by molar-refractivity contribution is 5.96. The number of carbonyl (C=O) groups is 2. The summed E-state index contributed by atoms with van der Waals surface area (Å²) < 4.78 is 0. The number of nitrogens with zero attached hydrogens (tertiary/aromatic N) is 3. The van der Waals surface area contributed by atoms with Crippen LogP contribution in [0.4, 0.5) is 10.5 Å². The van der Waals surface area contributed by atoms with Gasteiger partial charge in [0.25, 0.3) is 0 Å². The SMILES string of the molecule is CN(C)C1(c2ccccc2)CCC2(CC1)CN(c1cnccc1CC(N)=O)C(=O)N2. The lowest BCUT2D eigenvalue weighted by molar-refractivity contribution is -0.117. The molecule has 1 aliphatic heterocycles. The standard InChI is InChI=1S/C23H29N5O2/c1-27(2)23(18-6-4-3-5-7-18)11-9-22(10-12-23)16-28(21(30)26-22)19-15-25-13-8-17(19)14-20(24)29/h3-8,13,15H,9-12,14,16H2,1-2H3,(H2,24,29)(H,26,30). The number of primary amides is 1. The van der Waals surface area contributed by atoms with E-state index in [1.54, 1.807) is 23.4 Å². The second-order valence-electron chi connectivity index (χ2n) is 8.74. The molecule has 0 atom stereocenters. The molecule has 1 aliphatic carbocycles. The van der Waals surface area contributed by atoms with Crippen LogP contribution in [-0.2, 0) is 16.8 Å². The maximum absolute atomic E-state index is 12.9. The number of carbonyl (C=O) groups excluding carboxylic acids is 2. The van der Waals surface area contributed by atoms with E-state index in [2.05, 4.69) is 53.6 Å². The molecule has 7 nitrogen and oxygen atoms in total. The van der Waals surface area contributed by atoms with Crippen LogP contribution < -0.4 is 16.0 Å². The fraction of sp³-hybridized carbons (Fsp3) is 0.435. The van der Waals surface area contributed by atoms with Gasteiger partial charge in [0.05, 0.1) is 30.4 Å². The van der Waals surface area contributed by atoms with Crippen LogP contribution in [0.3, 0.4) is 0 Å². The third-order valence-corrected chi connectivity index (χ3v) is 6.82. The van der Waals surface area contributed by atoms with Gasteiger partial charge in [-0.25, -0.2) is 4.79 Å². The largest absolute Gasteiger partial charge is 0.369 e. The van der Waals surface area contributed by atoms with E-state index < -0.39 is 5.91 Å². The molecule has 1 aromatic carbocycles. The molecule has 2 fully saturated rings. The van der Waals surface area contributed by atoms with Crippen molar-refractivity contribution < 1.29 is 9.59 Å². The Balaban J connectivity index is 1.56. The predicted octanol–water partition coefficient (Wildman–Crippen LogP) is 2.41. The van der Waals surface area contributed by atoms with Gasteiger partial charge in [-0.1, -0.05) is 30.3 Å². The van der Waals surface area contributed by atoms with E-state index in [0.717, 1.165) is 31.2 Å². The van der Waals surface area contributed by atoms with Gasteiger partial charge < -0.3 is 11.1 Å². The molecule has 30 heavy (non-hydrogen) atoms. The number of nitrogens with one attached hydrogen (secondary N) is 1. The lowest BCUT2D eigenvalue weighted by Crippen LogP contribution is -2.54. The molecule has 1 spiro atoms. The van der Waals surface area contributed by atoms with Crippen molar-refractivity contribution in [2.75, 3.05) is 25.5 Å². The molecule has 1 saturated heterocycles. The average molecular weight is 408 g/mol. The van der Waals surface area contributed by atoms with Gasteiger partial charge in [0, 0.05) is 11.7 Å². The number of rotatable bonds is 5. The molecule has 0 unspecified atom stereocenters. The second kappa shape index (κ2) is 7.72. The van der Waals surface area contributed by atoms with Crippen LogP contribution in [0.15, 0.2) is 48.8 Å². The molecule has 3 N–H and O–H groups in total. The Morgan fingerprint density at radius 1 is 1.17 bits per heavy atom. The number of anilines is 1. The summed E-state index contributed by atoms with van der Waals surface area (Å²) in [7, 11) is 4.27. The van der Waals surface area contributed by atoms with Crippen molar-refractivity contribution in [3.63, 3.8) is 0 Å². The average Bonchev–Trinajstić information content (AvgIpc) is 3.05. The molecular weight excluding hydrogens is 378 g/mol. The van der Waals surface area contributed by atoms with Crippen LogP contribution in [0.25, 0.3) is 0 Å². The molecule has 1 saturated carbocycles. The lowest BCUT2D eigenvalue weighted by Gasteiger charge is -2.48. The fourth-order valence-electron chi connectivity index (χ4n) is 5.07. The van der Waals surface area contributed by atoms with Crippen molar-refractivity contribution in [3.8, 4) is 0 Å². The first-order valence-electron chi connectivity index (χ1n) is 10.4. The van der Waals surface area contributed by atoms with Crippen molar-refractivity contribution in [2.45, 2.75) is 43.2 Å². The monoisotopic (exact) mass is 407 g/mol. The van der Waals surface area contributed by atoms with Gasteiger partial charge in [-0.15, -0.1) is 0 Å². The Bertz CT molecular complexity index is 936. The molecule has 0 radical (unpaired) electrons. The van der Waals surface area contributed by atoms with Gasteiger partial charge in [0.1, 0.15) is 0 Å². The molecule has 0 bridgehead atoms. The Morgan fingerprint density at radius 3 is 2.50 bits per heavy atom. The fourth-order valence-corrected chi connectivity index (χ4v) is 5.07. The summed E-state index contributed by atoms with van der Waals surface area (Å²) in [6.45, 7) is 0.571. The second-order valence-corrected chi connectivity index (χ2v) is 8.74. The minimum atomic E-state index is -0.423. The summed E-state index contributed by atoms with van der Waals surface area (Å²) in [6.07, 6.45) is 7.04. The minimum Gasteiger partial charge on any atom is -0.369 e. The number of amides is 3. The van der Waals surface area contributed by atoms with Crippen molar-refractivity contribution >= 4 is 17.6 Å². The number of urea groups is 1. The first-order chi connectivity index (χ1) is 14.4. The summed E-state index contributed by atoms with van der Waals surface area (Å²) in [5.74, 6) is -0.423. The summed E-state index contributed by atoms with van der Waals surface area (Å²) in [6, 6.07) is 12.2. The quantitative estimate of drug-likeness (QED) is 0.796. The Hall–Kier alpha value is -2.93. The van der Waals surface area contributed by atoms with Gasteiger partial charge in [-0.3, -0.25) is 19.6 Å². The Kier molecular flexibility index (Phi) is 5.24. The zero-order chi connectivity index (χ0) is 21.4. The van der Waals surface area contributed by atoms with Crippen molar-refractivity contribution in [1.82, 2.24) is 15.2 Å². The summed E-state index contributed by atoms with van der Waals surface area (Å²) in [4.78, 5) is 32.6. The number of aromatic nitrogens is 1. The van der Waals surface area contributed by atoms with Crippen LogP contribution in [0.2, 0.25) is 0 Å². The van der Waals surface area contributed by atoms with Crippen LogP contribution >= 0.6 is 0 Å². The number of hydrogen-bond acceptors (Lipinski definition) is 4. The van der Waals surface area contributed by atoms with Gasteiger partial charge >= 0.3 is 6.03 Å². The predicted molar refractivity (Wildman–Crippen MR) is 116 cm³/mol. The summed E-state index contributed by atoms with van der Waals surface area (Å²) in [5.41, 5.74) is 7.80. The smallest absolute Gasteiger partial charge is 0.322 e. The minimum absolute atomic E-state index is 0.0317. The third kappa shape index (κ3) is 3.54. The summed E-state index contributed by atoms with van der Waals surface area (Å²) >= 11 is 0. The van der Waals surface area contributed by atoms with E-state index in [9.17, 15) is 9.59 Å². The highest BCUT2D eigenvalue weighted by atomic mass is 16.2. The van der Waals surface area contributed by atoms with E-state index in [1.807, 2.05) is 6.07 Å². The zero-order valence-electron chi connectivity index (χ0n) is 17.6. The molecule has 4 rings (SSSR count). The topological polar surface area (TPSA) is 91.6 Å². The lowest BCUT2D eigenvalue weighted by atomic mass is 9.69. The van der Waals surface area contributed by atoms with E-state index in [1.165, 1.54) is 5.56 Å². The number of benzene rings is 1. The van der Waals surface area contributed by atoms with Crippen LogP contribution in [0.5, 0.6) is 0 Å². The molecule has 2 aliphatic rings. The van der Waals surface area contributed by atoms with Gasteiger partial charge in [0.2, 0.25) is 5.91 Å². The van der Waals surface area contributed by atoms with Crippen molar-refractivity contribution in [3.05, 3.63) is 59.9 Å². The zero-order valence-corrected chi connectivity index (χ0v) is 17.6.